The number of ether oxygens (including phenoxy) is 1. The molecule has 2 aromatic carbocycles. The van der Waals surface area contributed by atoms with Crippen molar-refractivity contribution in [3.05, 3.63) is 67.7 Å². The van der Waals surface area contributed by atoms with Crippen LogP contribution in [-0.4, -0.2) is 36.0 Å². The first-order chi connectivity index (χ1) is 14.0. The van der Waals surface area contributed by atoms with Crippen molar-refractivity contribution < 1.29 is 19.1 Å². The van der Waals surface area contributed by atoms with Crippen molar-refractivity contribution in [2.75, 3.05) is 6.54 Å². The molecule has 1 atom stereocenters. The molecule has 0 unspecified atom stereocenters. The fourth-order valence-corrected chi connectivity index (χ4v) is 3.34. The minimum Gasteiger partial charge on any atom is -0.444 e. The summed E-state index contributed by atoms with van der Waals surface area (Å²) in [6.45, 7) is 5.08. The van der Waals surface area contributed by atoms with Gasteiger partial charge in [-0.25, -0.2) is 4.79 Å². The maximum atomic E-state index is 12.8. The predicted octanol–water partition coefficient (Wildman–Crippen LogP) is 4.49. The SMILES string of the molecule is CC(C)(C)OC(=O)N[C@@H](Cc1ccc(I)c(Br)c1)C(=O)NCC(=O)c1ccccc1. The normalized spacial score (nSPS) is 12.0. The lowest BCUT2D eigenvalue weighted by Crippen LogP contribution is -2.50. The molecule has 6 nitrogen and oxygen atoms in total. The average Bonchev–Trinajstić information content (AvgIpc) is 2.67. The van der Waals surface area contributed by atoms with Crippen LogP contribution in [0.3, 0.4) is 0 Å². The van der Waals surface area contributed by atoms with E-state index in [0.717, 1.165) is 13.6 Å². The monoisotopic (exact) mass is 586 g/mol. The van der Waals surface area contributed by atoms with Gasteiger partial charge in [0.25, 0.3) is 0 Å². The van der Waals surface area contributed by atoms with Crippen LogP contribution in [0.4, 0.5) is 4.79 Å². The first kappa shape index (κ1) is 24.3. The van der Waals surface area contributed by atoms with Gasteiger partial charge in [0, 0.05) is 20.0 Å². The molecule has 0 spiro atoms. The fraction of sp³-hybridized carbons (Fsp3) is 0.318. The molecule has 0 heterocycles. The molecule has 2 rings (SSSR count). The van der Waals surface area contributed by atoms with Crippen molar-refractivity contribution in [1.82, 2.24) is 10.6 Å². The fourth-order valence-electron chi connectivity index (χ4n) is 2.58. The van der Waals surface area contributed by atoms with Gasteiger partial charge >= 0.3 is 6.09 Å². The van der Waals surface area contributed by atoms with E-state index in [2.05, 4.69) is 49.2 Å². The second-order valence-electron chi connectivity index (χ2n) is 7.66. The number of ketones is 1. The number of hydrogen-bond acceptors (Lipinski definition) is 4. The Morgan fingerprint density at radius 2 is 1.77 bits per heavy atom. The Morgan fingerprint density at radius 3 is 2.37 bits per heavy atom. The molecule has 0 aliphatic heterocycles. The molecule has 0 fully saturated rings. The first-order valence-electron chi connectivity index (χ1n) is 9.34. The van der Waals surface area contributed by atoms with Crippen molar-refractivity contribution in [1.29, 1.82) is 0 Å². The third-order valence-corrected chi connectivity index (χ3v) is 6.29. The molecule has 0 aliphatic rings. The third-order valence-electron chi connectivity index (χ3n) is 3.95. The molecule has 2 amide bonds. The number of amides is 2. The van der Waals surface area contributed by atoms with Crippen molar-refractivity contribution in [3.8, 4) is 0 Å². The van der Waals surface area contributed by atoms with Gasteiger partial charge in [0.05, 0.1) is 6.54 Å². The van der Waals surface area contributed by atoms with E-state index in [0.29, 0.717) is 5.56 Å². The lowest BCUT2D eigenvalue weighted by Gasteiger charge is -2.23. The predicted molar refractivity (Wildman–Crippen MR) is 128 cm³/mol. The topological polar surface area (TPSA) is 84.5 Å². The lowest BCUT2D eigenvalue weighted by molar-refractivity contribution is -0.123. The van der Waals surface area contributed by atoms with Gasteiger partial charge in [0.1, 0.15) is 11.6 Å². The van der Waals surface area contributed by atoms with Gasteiger partial charge in [-0.15, -0.1) is 0 Å². The zero-order valence-corrected chi connectivity index (χ0v) is 20.7. The van der Waals surface area contributed by atoms with Gasteiger partial charge in [-0.3, -0.25) is 9.59 Å². The van der Waals surface area contributed by atoms with Crippen LogP contribution < -0.4 is 10.6 Å². The molecule has 0 bridgehead atoms. The van der Waals surface area contributed by atoms with Crippen LogP contribution in [0.15, 0.2) is 53.0 Å². The molecule has 160 valence electrons. The minimum absolute atomic E-state index is 0.161. The zero-order chi connectivity index (χ0) is 22.3. The van der Waals surface area contributed by atoms with Crippen LogP contribution >= 0.6 is 38.5 Å². The summed E-state index contributed by atoms with van der Waals surface area (Å²) >= 11 is 5.67. The smallest absolute Gasteiger partial charge is 0.408 e. The summed E-state index contributed by atoms with van der Waals surface area (Å²) in [6.07, 6.45) is -0.443. The summed E-state index contributed by atoms with van der Waals surface area (Å²) < 4.78 is 7.22. The molecule has 0 aromatic heterocycles. The van der Waals surface area contributed by atoms with E-state index in [9.17, 15) is 14.4 Å². The van der Waals surface area contributed by atoms with E-state index in [1.807, 2.05) is 24.3 Å². The summed E-state index contributed by atoms with van der Waals surface area (Å²) in [4.78, 5) is 37.3. The molecule has 0 saturated heterocycles. The number of alkyl carbamates (subject to hydrolysis) is 1. The van der Waals surface area contributed by atoms with Gasteiger partial charge in [0.15, 0.2) is 5.78 Å². The highest BCUT2D eigenvalue weighted by atomic mass is 127. The zero-order valence-electron chi connectivity index (χ0n) is 17.0. The highest BCUT2D eigenvalue weighted by molar-refractivity contribution is 14.1. The summed E-state index contributed by atoms with van der Waals surface area (Å²) in [5.74, 6) is -0.670. The Hall–Kier alpha value is -1.94. The lowest BCUT2D eigenvalue weighted by atomic mass is 10.1. The van der Waals surface area contributed by atoms with E-state index in [4.69, 9.17) is 4.74 Å². The summed E-state index contributed by atoms with van der Waals surface area (Å²) in [6, 6.07) is 13.5. The van der Waals surface area contributed by atoms with Gasteiger partial charge < -0.3 is 15.4 Å². The Morgan fingerprint density at radius 1 is 1.10 bits per heavy atom. The minimum atomic E-state index is -0.893. The summed E-state index contributed by atoms with van der Waals surface area (Å²) in [5, 5.41) is 5.24. The maximum absolute atomic E-state index is 12.8. The van der Waals surface area contributed by atoms with Crippen molar-refractivity contribution >= 4 is 56.3 Å². The van der Waals surface area contributed by atoms with Crippen LogP contribution in [0.25, 0.3) is 0 Å². The number of benzene rings is 2. The molecule has 2 aromatic rings. The molecular formula is C22H24BrIN2O4. The first-order valence-corrected chi connectivity index (χ1v) is 11.2. The maximum Gasteiger partial charge on any atom is 0.408 e. The molecule has 0 saturated carbocycles. The average molecular weight is 587 g/mol. The number of nitrogens with one attached hydrogen (secondary N) is 2. The Labute approximate surface area is 198 Å². The second-order valence-corrected chi connectivity index (χ2v) is 9.67. The van der Waals surface area contributed by atoms with Crippen molar-refractivity contribution in [2.45, 2.75) is 38.8 Å². The Bertz CT molecular complexity index is 913. The quantitative estimate of drug-likeness (QED) is 0.370. The molecule has 0 aliphatic carbocycles. The van der Waals surface area contributed by atoms with E-state index in [1.54, 1.807) is 45.0 Å². The second kappa shape index (κ2) is 10.9. The van der Waals surface area contributed by atoms with Gasteiger partial charge in [-0.2, -0.15) is 0 Å². The van der Waals surface area contributed by atoms with Gasteiger partial charge in [-0.1, -0.05) is 36.4 Å². The van der Waals surface area contributed by atoms with Crippen LogP contribution in [0.5, 0.6) is 0 Å². The van der Waals surface area contributed by atoms with Gasteiger partial charge in [0.2, 0.25) is 5.91 Å². The van der Waals surface area contributed by atoms with Crippen molar-refractivity contribution in [3.63, 3.8) is 0 Å². The van der Waals surface area contributed by atoms with Crippen LogP contribution in [0.2, 0.25) is 0 Å². The highest BCUT2D eigenvalue weighted by Crippen LogP contribution is 2.21. The molecular weight excluding hydrogens is 563 g/mol. The third kappa shape index (κ3) is 8.06. The van der Waals surface area contributed by atoms with Crippen LogP contribution in [0.1, 0.15) is 36.7 Å². The number of carbonyl (C=O) groups is 3. The summed E-state index contributed by atoms with van der Waals surface area (Å²) in [7, 11) is 0. The number of hydrogen-bond donors (Lipinski definition) is 2. The Balaban J connectivity index is 2.10. The van der Waals surface area contributed by atoms with Crippen LogP contribution in [-0.2, 0) is 16.0 Å². The number of Topliss-reactive ketones (excluding diaryl/α,β-unsaturated/α-hetero) is 1. The Kier molecular flexibility index (Phi) is 8.84. The van der Waals surface area contributed by atoms with E-state index >= 15 is 0 Å². The van der Waals surface area contributed by atoms with Crippen LogP contribution in [0, 0.1) is 3.57 Å². The molecule has 30 heavy (non-hydrogen) atoms. The highest BCUT2D eigenvalue weighted by Gasteiger charge is 2.25. The summed E-state index contributed by atoms with van der Waals surface area (Å²) in [5.41, 5.74) is 0.671. The number of carbonyl (C=O) groups excluding carboxylic acids is 3. The molecule has 8 heteroatoms. The number of rotatable bonds is 7. The molecule has 0 radical (unpaired) electrons. The van der Waals surface area contributed by atoms with E-state index < -0.39 is 23.6 Å². The van der Waals surface area contributed by atoms with Crippen molar-refractivity contribution in [2.24, 2.45) is 0 Å². The number of halogens is 2. The van der Waals surface area contributed by atoms with E-state index in [1.165, 1.54) is 0 Å². The van der Waals surface area contributed by atoms with Gasteiger partial charge in [-0.05, 0) is 77.0 Å². The molecule has 2 N–H and O–H groups in total. The standard InChI is InChI=1S/C22H24BrIN2O4/c1-22(2,3)30-21(29)26-18(12-14-9-10-17(24)16(23)11-14)20(28)25-13-19(27)15-7-5-4-6-8-15/h4-11,18H,12-13H2,1-3H3,(H,25,28)(H,26,29)/t18-/m0/s1. The van der Waals surface area contributed by atoms with E-state index in [-0.39, 0.29) is 18.7 Å². The largest absolute Gasteiger partial charge is 0.444 e.